The highest BCUT2D eigenvalue weighted by Crippen LogP contribution is 2.12. The molecule has 0 aliphatic heterocycles. The molecule has 57 heavy (non-hydrogen) atoms. The van der Waals surface area contributed by atoms with E-state index in [1.807, 2.05) is 0 Å². The number of esters is 3. The van der Waals surface area contributed by atoms with E-state index in [1.165, 1.54) is 44.9 Å². The Balaban J connectivity index is 4.49. The quantitative estimate of drug-likeness (QED) is 0.0266. The van der Waals surface area contributed by atoms with Crippen molar-refractivity contribution < 1.29 is 28.6 Å². The first-order valence-electron chi connectivity index (χ1n) is 23.1. The van der Waals surface area contributed by atoms with Crippen molar-refractivity contribution in [2.45, 2.75) is 207 Å². The molecule has 0 aromatic carbocycles. The molecule has 0 aliphatic carbocycles. The minimum absolute atomic E-state index is 0.105. The minimum Gasteiger partial charge on any atom is -0.462 e. The molecule has 0 bridgehead atoms. The predicted octanol–water partition coefficient (Wildman–Crippen LogP) is 14.9. The number of hydrogen-bond acceptors (Lipinski definition) is 6. The third-order valence-corrected chi connectivity index (χ3v) is 9.35. The fraction of sp³-hybridized carbons (Fsp3) is 0.667. The maximum absolute atomic E-state index is 12.7. The predicted molar refractivity (Wildman–Crippen MR) is 242 cm³/mol. The summed E-state index contributed by atoms with van der Waals surface area (Å²) >= 11 is 0. The summed E-state index contributed by atoms with van der Waals surface area (Å²) < 4.78 is 16.6. The molecule has 0 aromatic heterocycles. The normalized spacial score (nSPS) is 12.8. The fourth-order valence-electron chi connectivity index (χ4n) is 5.86. The lowest BCUT2D eigenvalue weighted by Crippen LogP contribution is -2.30. The van der Waals surface area contributed by atoms with E-state index in [0.29, 0.717) is 19.3 Å². The van der Waals surface area contributed by atoms with Crippen molar-refractivity contribution in [2.24, 2.45) is 0 Å². The summed E-state index contributed by atoms with van der Waals surface area (Å²) in [7, 11) is 0. The van der Waals surface area contributed by atoms with E-state index in [4.69, 9.17) is 14.2 Å². The van der Waals surface area contributed by atoms with Crippen LogP contribution in [0.15, 0.2) is 85.1 Å². The Labute approximate surface area is 350 Å². The zero-order valence-corrected chi connectivity index (χ0v) is 36.8. The molecule has 0 saturated carbocycles. The molecule has 1 unspecified atom stereocenters. The van der Waals surface area contributed by atoms with E-state index in [1.54, 1.807) is 0 Å². The van der Waals surface area contributed by atoms with Crippen LogP contribution in [-0.2, 0) is 28.6 Å². The molecular weight excluding hydrogens is 709 g/mol. The molecule has 6 heteroatoms. The SMILES string of the molecule is CC/C=C\C/C=C\C/C=C\C/C=C\C/C=C\CCCC(=O)OCC(COC(=O)CCCCCC/C=C\CCCC)OC(=O)CCCCCCC/C=C\CCCCC. The summed E-state index contributed by atoms with van der Waals surface area (Å²) in [6.45, 7) is 6.36. The molecule has 324 valence electrons. The second-order valence-electron chi connectivity index (χ2n) is 14.9. The second-order valence-corrected chi connectivity index (χ2v) is 14.9. The molecule has 1 atom stereocenters. The standard InChI is InChI=1S/C51H84O6/c1-4-7-10-13-16-19-22-24-25-26-27-28-30-32-35-38-41-44-50(53)56-47-48(46-55-49(52)43-40-37-34-31-21-18-15-12-9-6-3)57-51(54)45-42-39-36-33-29-23-20-17-14-11-8-5-2/h7,10,15-20,24-25,27-28,32,35,48H,4-6,8-9,11-14,21-23,26,29-31,33-34,36-47H2,1-3H3/b10-7-,18-15-,19-16-,20-17-,25-24-,28-27-,35-32-. The largest absolute Gasteiger partial charge is 0.462 e. The zero-order valence-electron chi connectivity index (χ0n) is 36.8. The molecule has 0 rings (SSSR count). The number of allylic oxidation sites excluding steroid dienone is 14. The van der Waals surface area contributed by atoms with Crippen LogP contribution in [0.5, 0.6) is 0 Å². The van der Waals surface area contributed by atoms with Crippen LogP contribution in [-0.4, -0.2) is 37.2 Å². The summed E-state index contributed by atoms with van der Waals surface area (Å²) in [6.07, 6.45) is 57.1. The average Bonchev–Trinajstić information content (AvgIpc) is 3.21. The summed E-state index contributed by atoms with van der Waals surface area (Å²) in [5.41, 5.74) is 0. The third-order valence-electron chi connectivity index (χ3n) is 9.35. The van der Waals surface area contributed by atoms with Gasteiger partial charge < -0.3 is 14.2 Å². The van der Waals surface area contributed by atoms with Gasteiger partial charge >= 0.3 is 17.9 Å². The van der Waals surface area contributed by atoms with Crippen molar-refractivity contribution in [1.29, 1.82) is 0 Å². The molecule has 0 aliphatic rings. The highest BCUT2D eigenvalue weighted by atomic mass is 16.6. The lowest BCUT2D eigenvalue weighted by atomic mass is 10.1. The van der Waals surface area contributed by atoms with Gasteiger partial charge in [-0.3, -0.25) is 14.4 Å². The van der Waals surface area contributed by atoms with E-state index in [2.05, 4.69) is 106 Å². The van der Waals surface area contributed by atoms with Crippen LogP contribution in [0.2, 0.25) is 0 Å². The molecule has 0 fully saturated rings. The maximum atomic E-state index is 12.7. The van der Waals surface area contributed by atoms with Crippen LogP contribution in [0.3, 0.4) is 0 Å². The number of hydrogen-bond donors (Lipinski definition) is 0. The zero-order chi connectivity index (χ0) is 41.5. The number of rotatable bonds is 40. The lowest BCUT2D eigenvalue weighted by Gasteiger charge is -2.18. The molecule has 0 radical (unpaired) electrons. The number of carbonyl (C=O) groups excluding carboxylic acids is 3. The van der Waals surface area contributed by atoms with E-state index in [0.717, 1.165) is 109 Å². The molecule has 0 aromatic rings. The molecule has 6 nitrogen and oxygen atoms in total. The lowest BCUT2D eigenvalue weighted by molar-refractivity contribution is -0.167. The average molecular weight is 793 g/mol. The van der Waals surface area contributed by atoms with Crippen molar-refractivity contribution >= 4 is 17.9 Å². The van der Waals surface area contributed by atoms with E-state index >= 15 is 0 Å². The summed E-state index contributed by atoms with van der Waals surface area (Å²) in [5.74, 6) is -0.996. The highest BCUT2D eigenvalue weighted by Gasteiger charge is 2.19. The Morgan fingerprint density at radius 1 is 0.368 bits per heavy atom. The van der Waals surface area contributed by atoms with Gasteiger partial charge in [0.2, 0.25) is 0 Å². The number of carbonyl (C=O) groups is 3. The van der Waals surface area contributed by atoms with Gasteiger partial charge in [-0.25, -0.2) is 0 Å². The van der Waals surface area contributed by atoms with Gasteiger partial charge in [0.1, 0.15) is 13.2 Å². The van der Waals surface area contributed by atoms with E-state index < -0.39 is 6.10 Å². The topological polar surface area (TPSA) is 78.9 Å². The van der Waals surface area contributed by atoms with Crippen molar-refractivity contribution in [2.75, 3.05) is 13.2 Å². The molecule has 0 amide bonds. The Kier molecular flexibility index (Phi) is 42.6. The summed E-state index contributed by atoms with van der Waals surface area (Å²) in [5, 5.41) is 0. The Morgan fingerprint density at radius 3 is 1.21 bits per heavy atom. The Hall–Kier alpha value is -3.41. The van der Waals surface area contributed by atoms with Crippen LogP contribution in [0.4, 0.5) is 0 Å². The van der Waals surface area contributed by atoms with E-state index in [9.17, 15) is 14.4 Å². The van der Waals surface area contributed by atoms with Crippen LogP contribution in [0.1, 0.15) is 201 Å². The van der Waals surface area contributed by atoms with Crippen molar-refractivity contribution in [3.8, 4) is 0 Å². The number of unbranched alkanes of at least 4 members (excludes halogenated alkanes) is 15. The van der Waals surface area contributed by atoms with Crippen molar-refractivity contribution in [3.63, 3.8) is 0 Å². The van der Waals surface area contributed by atoms with Gasteiger partial charge in [-0.1, -0.05) is 164 Å². The third kappa shape index (κ3) is 43.6. The molecule has 0 spiro atoms. The summed E-state index contributed by atoms with van der Waals surface area (Å²) in [6, 6.07) is 0. The van der Waals surface area contributed by atoms with Gasteiger partial charge in [0.25, 0.3) is 0 Å². The smallest absolute Gasteiger partial charge is 0.306 e. The molecule has 0 saturated heterocycles. The Morgan fingerprint density at radius 2 is 0.719 bits per heavy atom. The minimum atomic E-state index is -0.806. The molecule has 0 heterocycles. The molecular formula is C51H84O6. The van der Waals surface area contributed by atoms with Crippen LogP contribution >= 0.6 is 0 Å². The first-order valence-corrected chi connectivity index (χ1v) is 23.1. The van der Waals surface area contributed by atoms with Gasteiger partial charge in [0.15, 0.2) is 6.10 Å². The fourth-order valence-corrected chi connectivity index (χ4v) is 5.86. The van der Waals surface area contributed by atoms with Gasteiger partial charge in [-0.15, -0.1) is 0 Å². The second kappa shape index (κ2) is 45.3. The van der Waals surface area contributed by atoms with Crippen molar-refractivity contribution in [1.82, 2.24) is 0 Å². The molecule has 0 N–H and O–H groups in total. The van der Waals surface area contributed by atoms with Crippen LogP contribution in [0.25, 0.3) is 0 Å². The van der Waals surface area contributed by atoms with Crippen molar-refractivity contribution in [3.05, 3.63) is 85.1 Å². The number of ether oxygens (including phenoxy) is 3. The van der Waals surface area contributed by atoms with Gasteiger partial charge in [0.05, 0.1) is 0 Å². The first-order chi connectivity index (χ1) is 28.0. The highest BCUT2D eigenvalue weighted by molar-refractivity contribution is 5.71. The maximum Gasteiger partial charge on any atom is 0.306 e. The Bertz CT molecular complexity index is 1140. The van der Waals surface area contributed by atoms with Gasteiger partial charge in [-0.2, -0.15) is 0 Å². The monoisotopic (exact) mass is 793 g/mol. The van der Waals surface area contributed by atoms with Crippen LogP contribution < -0.4 is 0 Å². The van der Waals surface area contributed by atoms with Gasteiger partial charge in [0, 0.05) is 19.3 Å². The van der Waals surface area contributed by atoms with Crippen LogP contribution in [0, 0.1) is 0 Å². The summed E-state index contributed by atoms with van der Waals surface area (Å²) in [4.78, 5) is 37.7. The first kappa shape index (κ1) is 53.6. The van der Waals surface area contributed by atoms with Gasteiger partial charge in [-0.05, 0) is 103 Å². The van der Waals surface area contributed by atoms with E-state index in [-0.39, 0.29) is 37.5 Å².